The summed E-state index contributed by atoms with van der Waals surface area (Å²) in [5.74, 6) is 3.03. The molecule has 31 heavy (non-hydrogen) atoms. The van der Waals surface area contributed by atoms with E-state index in [1.807, 2.05) is 37.3 Å². The quantitative estimate of drug-likeness (QED) is 0.468. The van der Waals surface area contributed by atoms with Gasteiger partial charge in [-0.25, -0.2) is 0 Å². The molecule has 168 valence electrons. The van der Waals surface area contributed by atoms with E-state index in [4.69, 9.17) is 14.2 Å². The maximum Gasteiger partial charge on any atom is 0.195 e. The lowest BCUT2D eigenvalue weighted by molar-refractivity contribution is 0.240. The van der Waals surface area contributed by atoms with E-state index < -0.39 is 0 Å². The highest BCUT2D eigenvalue weighted by atomic mass is 16.5. The van der Waals surface area contributed by atoms with Crippen molar-refractivity contribution in [2.24, 2.45) is 4.99 Å². The molecule has 3 rings (SSSR count). The third-order valence-electron chi connectivity index (χ3n) is 5.49. The van der Waals surface area contributed by atoms with Crippen LogP contribution in [0, 0.1) is 0 Å². The summed E-state index contributed by atoms with van der Waals surface area (Å²) in [6.07, 6.45) is 2.45. The van der Waals surface area contributed by atoms with Crippen LogP contribution in [-0.2, 0) is 0 Å². The first-order valence-corrected chi connectivity index (χ1v) is 10.9. The monoisotopic (exact) mass is 426 g/mol. The topological polar surface area (TPSA) is 67.3 Å². The molecule has 1 saturated heterocycles. The molecule has 2 aromatic rings. The smallest absolute Gasteiger partial charge is 0.195 e. The number of hydrogen-bond acceptors (Lipinski definition) is 5. The molecule has 1 aliphatic heterocycles. The molecule has 0 aromatic heterocycles. The minimum absolute atomic E-state index is 0.201. The second-order valence-electron chi connectivity index (χ2n) is 7.38. The third kappa shape index (κ3) is 5.82. The molecule has 2 N–H and O–H groups in total. The Hall–Kier alpha value is -2.93. The van der Waals surface area contributed by atoms with Crippen molar-refractivity contribution in [3.8, 4) is 17.2 Å². The van der Waals surface area contributed by atoms with Crippen LogP contribution in [0.15, 0.2) is 47.5 Å². The van der Waals surface area contributed by atoms with Gasteiger partial charge in [0.05, 0.1) is 26.9 Å². The predicted molar refractivity (Wildman–Crippen MR) is 126 cm³/mol. The van der Waals surface area contributed by atoms with Crippen LogP contribution in [0.3, 0.4) is 0 Å². The van der Waals surface area contributed by atoms with Gasteiger partial charge < -0.3 is 24.8 Å². The zero-order valence-corrected chi connectivity index (χ0v) is 19.0. The fourth-order valence-electron chi connectivity index (χ4n) is 3.96. The van der Waals surface area contributed by atoms with E-state index in [2.05, 4.69) is 32.7 Å². The molecule has 0 bridgehead atoms. The predicted octanol–water partition coefficient (Wildman–Crippen LogP) is 3.93. The number of nitrogens with zero attached hydrogens (tertiary/aromatic N) is 2. The highest BCUT2D eigenvalue weighted by Crippen LogP contribution is 2.32. The molecule has 7 nitrogen and oxygen atoms in total. The van der Waals surface area contributed by atoms with Crippen molar-refractivity contribution in [2.45, 2.75) is 25.8 Å². The number of nitrogens with one attached hydrogen (secondary N) is 2. The van der Waals surface area contributed by atoms with E-state index in [1.54, 1.807) is 21.3 Å². The van der Waals surface area contributed by atoms with Crippen LogP contribution in [0.4, 0.5) is 5.69 Å². The zero-order chi connectivity index (χ0) is 22.1. The van der Waals surface area contributed by atoms with Gasteiger partial charge in [0.25, 0.3) is 0 Å². The Morgan fingerprint density at radius 2 is 1.77 bits per heavy atom. The summed E-state index contributed by atoms with van der Waals surface area (Å²) in [5.41, 5.74) is 2.07. The summed E-state index contributed by atoms with van der Waals surface area (Å²) >= 11 is 0. The molecule has 0 saturated carbocycles. The maximum atomic E-state index is 5.65. The number of methoxy groups -OCH3 is 2. The van der Waals surface area contributed by atoms with E-state index in [0.717, 1.165) is 30.3 Å². The largest absolute Gasteiger partial charge is 0.496 e. The van der Waals surface area contributed by atoms with Gasteiger partial charge in [0.2, 0.25) is 0 Å². The second-order valence-corrected chi connectivity index (χ2v) is 7.38. The number of hydrogen-bond donors (Lipinski definition) is 2. The minimum Gasteiger partial charge on any atom is -0.496 e. The molecular formula is C24H34N4O3. The summed E-state index contributed by atoms with van der Waals surface area (Å²) < 4.78 is 16.7. The number of rotatable bonds is 9. The fraction of sp³-hybridized carbons (Fsp3) is 0.458. The number of guanidine groups is 1. The van der Waals surface area contributed by atoms with Crippen LogP contribution < -0.4 is 24.8 Å². The van der Waals surface area contributed by atoms with Gasteiger partial charge >= 0.3 is 0 Å². The SMILES string of the molecule is CCOc1ccc(NC(=NC)NCC(c2ccccc2OC)N2CCCC2)cc1OC. The number of anilines is 1. The first kappa shape index (κ1) is 22.7. The van der Waals surface area contributed by atoms with Crippen molar-refractivity contribution < 1.29 is 14.2 Å². The number of aliphatic imine (C=N–C) groups is 1. The Morgan fingerprint density at radius 1 is 1.03 bits per heavy atom. The van der Waals surface area contributed by atoms with Gasteiger partial charge in [0.15, 0.2) is 17.5 Å². The Morgan fingerprint density at radius 3 is 2.45 bits per heavy atom. The summed E-state index contributed by atoms with van der Waals surface area (Å²) in [6, 6.07) is 14.2. The first-order valence-electron chi connectivity index (χ1n) is 10.9. The van der Waals surface area contributed by atoms with Crippen molar-refractivity contribution in [3.05, 3.63) is 48.0 Å². The Labute approximate surface area is 185 Å². The second kappa shape index (κ2) is 11.5. The average Bonchev–Trinajstić information content (AvgIpc) is 3.34. The molecule has 1 heterocycles. The van der Waals surface area contributed by atoms with Crippen molar-refractivity contribution in [1.82, 2.24) is 10.2 Å². The Kier molecular flexibility index (Phi) is 8.41. The number of para-hydroxylation sites is 1. The van der Waals surface area contributed by atoms with Crippen LogP contribution in [-0.4, -0.2) is 58.4 Å². The molecule has 1 unspecified atom stereocenters. The summed E-state index contributed by atoms with van der Waals surface area (Å²) in [5, 5.41) is 6.84. The normalized spacial score (nSPS) is 15.4. The highest BCUT2D eigenvalue weighted by Gasteiger charge is 2.26. The van der Waals surface area contributed by atoms with Gasteiger partial charge in [-0.1, -0.05) is 18.2 Å². The number of ether oxygens (including phenoxy) is 3. The van der Waals surface area contributed by atoms with Crippen LogP contribution in [0.2, 0.25) is 0 Å². The van der Waals surface area contributed by atoms with Crippen molar-refractivity contribution in [1.29, 1.82) is 0 Å². The summed E-state index contributed by atoms with van der Waals surface area (Å²) in [4.78, 5) is 6.92. The minimum atomic E-state index is 0.201. The molecule has 0 spiro atoms. The van der Waals surface area contributed by atoms with E-state index >= 15 is 0 Å². The van der Waals surface area contributed by atoms with Crippen molar-refractivity contribution in [2.75, 3.05) is 52.8 Å². The standard InChI is InChI=1S/C24H34N4O3/c1-5-31-22-13-12-18(16-23(22)30-4)27-24(25-2)26-17-20(28-14-8-9-15-28)19-10-6-7-11-21(19)29-3/h6-7,10-13,16,20H,5,8-9,14-15,17H2,1-4H3,(H2,25,26,27). The molecule has 0 amide bonds. The fourth-order valence-corrected chi connectivity index (χ4v) is 3.96. The molecule has 1 aliphatic rings. The first-order chi connectivity index (χ1) is 15.2. The van der Waals surface area contributed by atoms with Crippen molar-refractivity contribution >= 4 is 11.6 Å². The van der Waals surface area contributed by atoms with E-state index in [9.17, 15) is 0 Å². The molecule has 1 atom stereocenters. The summed E-state index contributed by atoms with van der Waals surface area (Å²) in [6.45, 7) is 5.44. The molecule has 7 heteroatoms. The zero-order valence-electron chi connectivity index (χ0n) is 19.0. The van der Waals surface area contributed by atoms with Crippen LogP contribution in [0.5, 0.6) is 17.2 Å². The van der Waals surface area contributed by atoms with Gasteiger partial charge in [-0.2, -0.15) is 0 Å². The van der Waals surface area contributed by atoms with Gasteiger partial charge in [0.1, 0.15) is 5.75 Å². The molecule has 0 aliphatic carbocycles. The van der Waals surface area contributed by atoms with Gasteiger partial charge in [-0.3, -0.25) is 9.89 Å². The average molecular weight is 427 g/mol. The summed E-state index contributed by atoms with van der Waals surface area (Å²) in [7, 11) is 5.14. The van der Waals surface area contributed by atoms with Crippen LogP contribution in [0.1, 0.15) is 31.4 Å². The lowest BCUT2D eigenvalue weighted by Crippen LogP contribution is -2.39. The lowest BCUT2D eigenvalue weighted by atomic mass is 10.0. The third-order valence-corrected chi connectivity index (χ3v) is 5.49. The van der Waals surface area contributed by atoms with Crippen LogP contribution >= 0.6 is 0 Å². The Bertz CT molecular complexity index is 866. The molecular weight excluding hydrogens is 392 g/mol. The molecule has 1 fully saturated rings. The van der Waals surface area contributed by atoms with Crippen LogP contribution in [0.25, 0.3) is 0 Å². The van der Waals surface area contributed by atoms with Gasteiger partial charge in [-0.05, 0) is 51.1 Å². The van der Waals surface area contributed by atoms with Gasteiger partial charge in [0, 0.05) is 30.9 Å². The van der Waals surface area contributed by atoms with Gasteiger partial charge in [-0.15, -0.1) is 0 Å². The lowest BCUT2D eigenvalue weighted by Gasteiger charge is -2.30. The van der Waals surface area contributed by atoms with E-state index in [0.29, 0.717) is 24.9 Å². The number of benzene rings is 2. The number of likely N-dealkylation sites (tertiary alicyclic amines) is 1. The van der Waals surface area contributed by atoms with E-state index in [1.165, 1.54) is 18.4 Å². The maximum absolute atomic E-state index is 5.65. The highest BCUT2D eigenvalue weighted by molar-refractivity contribution is 5.93. The molecule has 2 aromatic carbocycles. The Balaban J connectivity index is 1.72. The van der Waals surface area contributed by atoms with E-state index in [-0.39, 0.29) is 6.04 Å². The van der Waals surface area contributed by atoms with Crippen molar-refractivity contribution in [3.63, 3.8) is 0 Å². The molecule has 0 radical (unpaired) electrons.